The molecule has 2 aromatic heterocycles. The van der Waals surface area contributed by atoms with E-state index < -0.39 is 29.2 Å². The van der Waals surface area contributed by atoms with Gasteiger partial charge in [0.1, 0.15) is 23.1 Å². The lowest BCUT2D eigenvalue weighted by molar-refractivity contribution is 0.480. The standard InChI is InChI=1S/C19H18F3N7/c1-10(12-6-11(20)7-14(21)16(12)22)26-15-4-5-29-18(27-15)13(8-25-29)17-23-9-24-19(2,3)28-17/h4-10H,1-3H3,(H,26,27)(H,23,24,28)/t10-/m1/s1. The van der Waals surface area contributed by atoms with Gasteiger partial charge in [-0.3, -0.25) is 0 Å². The number of amidine groups is 1. The zero-order valence-electron chi connectivity index (χ0n) is 15.9. The first-order chi connectivity index (χ1) is 13.7. The van der Waals surface area contributed by atoms with Crippen molar-refractivity contribution in [2.75, 3.05) is 5.32 Å². The molecule has 0 amide bonds. The molecule has 2 N–H and O–H groups in total. The molecule has 1 aliphatic heterocycles. The second kappa shape index (κ2) is 6.87. The predicted octanol–water partition coefficient (Wildman–Crippen LogP) is 3.43. The van der Waals surface area contributed by atoms with E-state index in [2.05, 4.69) is 30.7 Å². The van der Waals surface area contributed by atoms with Crippen molar-refractivity contribution in [1.29, 1.82) is 0 Å². The molecule has 0 radical (unpaired) electrons. The van der Waals surface area contributed by atoms with Gasteiger partial charge in [0.15, 0.2) is 17.3 Å². The van der Waals surface area contributed by atoms with Gasteiger partial charge in [-0.2, -0.15) is 5.10 Å². The zero-order valence-corrected chi connectivity index (χ0v) is 15.9. The Labute approximate surface area is 164 Å². The second-order valence-electron chi connectivity index (χ2n) is 7.15. The summed E-state index contributed by atoms with van der Waals surface area (Å²) in [5.74, 6) is -2.23. The minimum Gasteiger partial charge on any atom is -0.363 e. The summed E-state index contributed by atoms with van der Waals surface area (Å²) in [5.41, 5.74) is 0.418. The van der Waals surface area contributed by atoms with E-state index in [0.29, 0.717) is 28.9 Å². The Morgan fingerprint density at radius 1 is 1.21 bits per heavy atom. The summed E-state index contributed by atoms with van der Waals surface area (Å²) in [7, 11) is 0. The third kappa shape index (κ3) is 3.65. The maximum atomic E-state index is 14.1. The first-order valence-corrected chi connectivity index (χ1v) is 8.89. The van der Waals surface area contributed by atoms with Crippen LogP contribution in [0.1, 0.15) is 37.9 Å². The molecule has 0 spiro atoms. The number of benzene rings is 1. The number of nitrogens with zero attached hydrogens (tertiary/aromatic N) is 5. The van der Waals surface area contributed by atoms with E-state index in [1.54, 1.807) is 36.2 Å². The van der Waals surface area contributed by atoms with Crippen LogP contribution in [-0.2, 0) is 0 Å². The monoisotopic (exact) mass is 401 g/mol. The Bertz CT molecular complexity index is 1150. The fourth-order valence-electron chi connectivity index (χ4n) is 3.03. The van der Waals surface area contributed by atoms with Crippen molar-refractivity contribution in [2.24, 2.45) is 9.98 Å². The number of anilines is 1. The molecule has 0 saturated carbocycles. The van der Waals surface area contributed by atoms with Gasteiger partial charge in [-0.25, -0.2) is 32.7 Å². The highest BCUT2D eigenvalue weighted by Crippen LogP contribution is 2.24. The van der Waals surface area contributed by atoms with Crippen molar-refractivity contribution in [1.82, 2.24) is 19.9 Å². The molecular formula is C19H18F3N7. The largest absolute Gasteiger partial charge is 0.363 e. The van der Waals surface area contributed by atoms with E-state index in [1.807, 2.05) is 13.8 Å². The molecular weight excluding hydrogens is 383 g/mol. The van der Waals surface area contributed by atoms with Crippen LogP contribution in [0.25, 0.3) is 5.65 Å². The topological polar surface area (TPSA) is 79.0 Å². The molecule has 10 heteroatoms. The third-order valence-corrected chi connectivity index (χ3v) is 4.44. The summed E-state index contributed by atoms with van der Waals surface area (Å²) in [4.78, 5) is 13.3. The van der Waals surface area contributed by atoms with Crippen LogP contribution < -0.4 is 10.6 Å². The van der Waals surface area contributed by atoms with Crippen LogP contribution in [0.3, 0.4) is 0 Å². The van der Waals surface area contributed by atoms with E-state index in [4.69, 9.17) is 0 Å². The lowest BCUT2D eigenvalue weighted by Gasteiger charge is -2.21. The molecule has 0 saturated heterocycles. The highest BCUT2D eigenvalue weighted by atomic mass is 19.2. The number of aliphatic imine (C=N–C) groups is 2. The van der Waals surface area contributed by atoms with Gasteiger partial charge in [-0.1, -0.05) is 0 Å². The van der Waals surface area contributed by atoms with Crippen LogP contribution in [0, 0.1) is 17.5 Å². The van der Waals surface area contributed by atoms with Crippen LogP contribution in [0.15, 0.2) is 40.6 Å². The van der Waals surface area contributed by atoms with Gasteiger partial charge >= 0.3 is 0 Å². The first-order valence-electron chi connectivity index (χ1n) is 8.89. The number of rotatable bonds is 4. The second-order valence-corrected chi connectivity index (χ2v) is 7.15. The zero-order chi connectivity index (χ0) is 20.8. The summed E-state index contributed by atoms with van der Waals surface area (Å²) in [5, 5.41) is 10.2. The molecule has 1 atom stereocenters. The van der Waals surface area contributed by atoms with E-state index in [9.17, 15) is 13.2 Å². The Morgan fingerprint density at radius 3 is 2.76 bits per heavy atom. The molecule has 1 aliphatic rings. The normalized spacial score (nSPS) is 16.4. The number of hydrogen-bond donors (Lipinski definition) is 2. The molecule has 0 unspecified atom stereocenters. The van der Waals surface area contributed by atoms with Crippen LogP contribution in [0.5, 0.6) is 0 Å². The molecule has 0 bridgehead atoms. The molecule has 3 aromatic rings. The number of hydrogen-bond acceptors (Lipinski definition) is 6. The Balaban J connectivity index is 1.67. The minimum absolute atomic E-state index is 0.130. The first kappa shape index (κ1) is 18.9. The number of nitrogens with one attached hydrogen (secondary N) is 2. The quantitative estimate of drug-likeness (QED) is 0.657. The summed E-state index contributed by atoms with van der Waals surface area (Å²) >= 11 is 0. The molecule has 0 aliphatic carbocycles. The fraction of sp³-hybridized carbons (Fsp3) is 0.263. The highest BCUT2D eigenvalue weighted by Gasteiger charge is 2.22. The van der Waals surface area contributed by atoms with Crippen molar-refractivity contribution in [3.63, 3.8) is 0 Å². The lowest BCUT2D eigenvalue weighted by Crippen LogP contribution is -2.33. The lowest BCUT2D eigenvalue weighted by atomic mass is 10.1. The van der Waals surface area contributed by atoms with Crippen LogP contribution in [0.4, 0.5) is 19.0 Å². The predicted molar refractivity (Wildman–Crippen MR) is 104 cm³/mol. The number of aromatic nitrogens is 3. The van der Waals surface area contributed by atoms with Gasteiger partial charge in [0.05, 0.1) is 24.1 Å². The van der Waals surface area contributed by atoms with Crippen molar-refractivity contribution in [3.8, 4) is 0 Å². The Hall–Kier alpha value is -3.43. The molecule has 3 heterocycles. The molecule has 1 aromatic carbocycles. The molecule has 29 heavy (non-hydrogen) atoms. The Kier molecular flexibility index (Phi) is 4.48. The van der Waals surface area contributed by atoms with Gasteiger partial charge in [0.2, 0.25) is 0 Å². The molecule has 0 fully saturated rings. The van der Waals surface area contributed by atoms with E-state index in [1.165, 1.54) is 0 Å². The summed E-state index contributed by atoms with van der Waals surface area (Å²) in [6.45, 7) is 5.32. The van der Waals surface area contributed by atoms with Gasteiger partial charge in [-0.15, -0.1) is 0 Å². The van der Waals surface area contributed by atoms with E-state index in [0.717, 1.165) is 6.07 Å². The van der Waals surface area contributed by atoms with Gasteiger partial charge < -0.3 is 10.6 Å². The van der Waals surface area contributed by atoms with Crippen LogP contribution >= 0.6 is 0 Å². The van der Waals surface area contributed by atoms with Gasteiger partial charge in [0, 0.05) is 17.8 Å². The Morgan fingerprint density at radius 2 is 2.00 bits per heavy atom. The van der Waals surface area contributed by atoms with Crippen molar-refractivity contribution in [3.05, 3.63) is 59.2 Å². The maximum Gasteiger partial charge on any atom is 0.168 e. The average Bonchev–Trinajstić information content (AvgIpc) is 3.07. The molecule has 4 rings (SSSR count). The smallest absolute Gasteiger partial charge is 0.168 e. The minimum atomic E-state index is -1.24. The number of fused-ring (bicyclic) bond motifs is 1. The maximum absolute atomic E-state index is 14.1. The molecule has 150 valence electrons. The number of halogens is 3. The van der Waals surface area contributed by atoms with Gasteiger partial charge in [0.25, 0.3) is 0 Å². The van der Waals surface area contributed by atoms with Crippen LogP contribution in [0.2, 0.25) is 0 Å². The van der Waals surface area contributed by atoms with Gasteiger partial charge in [-0.05, 0) is 32.9 Å². The highest BCUT2D eigenvalue weighted by molar-refractivity contribution is 6.09. The van der Waals surface area contributed by atoms with E-state index in [-0.39, 0.29) is 5.56 Å². The van der Waals surface area contributed by atoms with Crippen molar-refractivity contribution < 1.29 is 13.2 Å². The fourth-order valence-corrected chi connectivity index (χ4v) is 3.03. The van der Waals surface area contributed by atoms with Crippen molar-refractivity contribution in [2.45, 2.75) is 32.5 Å². The van der Waals surface area contributed by atoms with E-state index >= 15 is 0 Å². The summed E-state index contributed by atoms with van der Waals surface area (Å²) in [6.07, 6.45) is 4.86. The van der Waals surface area contributed by atoms with Crippen LogP contribution in [-0.4, -0.2) is 32.4 Å². The summed E-state index contributed by atoms with van der Waals surface area (Å²) < 4.78 is 42.7. The third-order valence-electron chi connectivity index (χ3n) is 4.44. The SMILES string of the molecule is C[C@@H](Nc1ccn2ncc(C3=NC(C)(C)N=CN3)c2n1)c1cc(F)cc(F)c1F. The average molecular weight is 401 g/mol. The molecule has 7 nitrogen and oxygen atoms in total. The van der Waals surface area contributed by atoms with Crippen molar-refractivity contribution >= 4 is 23.6 Å². The summed E-state index contributed by atoms with van der Waals surface area (Å²) in [6, 6.07) is 2.38.